The summed E-state index contributed by atoms with van der Waals surface area (Å²) < 4.78 is 6.29. The van der Waals surface area contributed by atoms with Crippen molar-refractivity contribution < 1.29 is 14.6 Å². The van der Waals surface area contributed by atoms with Crippen molar-refractivity contribution in [2.24, 2.45) is 5.92 Å². The van der Waals surface area contributed by atoms with Crippen LogP contribution in [-0.4, -0.2) is 26.3 Å². The Morgan fingerprint density at radius 1 is 0.911 bits per heavy atom. The minimum Gasteiger partial charge on any atom is -0.488 e. The zero-order chi connectivity index (χ0) is 31.8. The Bertz CT molecular complexity index is 1730. The van der Waals surface area contributed by atoms with Crippen LogP contribution in [0.1, 0.15) is 65.4 Å². The van der Waals surface area contributed by atoms with Crippen LogP contribution < -0.4 is 10.5 Å². The van der Waals surface area contributed by atoms with E-state index in [9.17, 15) is 9.90 Å². The van der Waals surface area contributed by atoms with Gasteiger partial charge in [0.25, 0.3) is 0 Å². The van der Waals surface area contributed by atoms with Crippen LogP contribution in [0.4, 0.5) is 5.95 Å². The van der Waals surface area contributed by atoms with Crippen LogP contribution in [0.25, 0.3) is 17.5 Å². The number of hydrogen-bond acceptors (Lipinski definition) is 5. The molecule has 7 nitrogen and oxygen atoms in total. The molecule has 1 unspecified atom stereocenters. The number of ether oxygens (including phenoxy) is 1. The number of aryl methyl sites for hydroxylation is 1. The summed E-state index contributed by atoms with van der Waals surface area (Å²) in [6.45, 7) is 7.14. The van der Waals surface area contributed by atoms with Crippen molar-refractivity contribution >= 4 is 18.0 Å². The van der Waals surface area contributed by atoms with E-state index in [-0.39, 0.29) is 17.3 Å². The topological polar surface area (TPSA) is 114 Å². The van der Waals surface area contributed by atoms with Gasteiger partial charge in [-0.3, -0.25) is 5.10 Å². The molecule has 5 aromatic rings. The number of para-hydroxylation sites is 1. The summed E-state index contributed by atoms with van der Waals surface area (Å²) in [5.41, 5.74) is 12.8. The lowest BCUT2D eigenvalue weighted by Gasteiger charge is -2.19. The number of anilines is 1. The standard InChI is InChI=1S/C38H40N4O3/c1-38(2,3)33-22-15-29(16-23-33)25-45-34-7-5-4-6-30(34)17-12-27(9-8-26-10-20-32(21-11-26)36(43)44)24-28-13-18-31(19-14-28)35-40-37(39)42-41-35/h4-7,10-23,27H,8-9,24-25H2,1-3H3,(H,43,44)(H3,39,40,41,42). The summed E-state index contributed by atoms with van der Waals surface area (Å²) in [5, 5.41) is 16.0. The van der Waals surface area contributed by atoms with Crippen LogP contribution in [0.3, 0.4) is 0 Å². The maximum Gasteiger partial charge on any atom is 0.335 e. The average molecular weight is 601 g/mol. The largest absolute Gasteiger partial charge is 0.488 e. The molecule has 5 rings (SSSR count). The van der Waals surface area contributed by atoms with Gasteiger partial charge in [0.05, 0.1) is 5.56 Å². The lowest BCUT2D eigenvalue weighted by molar-refractivity contribution is 0.0697. The van der Waals surface area contributed by atoms with Crippen LogP contribution in [0.2, 0.25) is 0 Å². The molecule has 0 aliphatic carbocycles. The molecule has 0 bridgehead atoms. The fourth-order valence-electron chi connectivity index (χ4n) is 5.19. The Hall–Kier alpha value is -5.17. The number of carboxylic acid groups (broad SMARTS) is 1. The summed E-state index contributed by atoms with van der Waals surface area (Å²) in [6, 6.07) is 32.2. The number of rotatable bonds is 12. The minimum atomic E-state index is -0.915. The molecule has 7 heteroatoms. The SMILES string of the molecule is CC(C)(C)c1ccc(COc2ccccc2C=CC(CCc2ccc(C(=O)O)cc2)Cc2ccc(-c3nc(N)n[nH]3)cc2)cc1. The maximum atomic E-state index is 11.3. The van der Waals surface area contributed by atoms with E-state index in [0.29, 0.717) is 18.0 Å². The molecule has 0 fully saturated rings. The highest BCUT2D eigenvalue weighted by Gasteiger charge is 2.14. The van der Waals surface area contributed by atoms with Crippen molar-refractivity contribution in [1.29, 1.82) is 0 Å². The zero-order valence-corrected chi connectivity index (χ0v) is 26.0. The quantitative estimate of drug-likeness (QED) is 0.133. The van der Waals surface area contributed by atoms with E-state index >= 15 is 0 Å². The van der Waals surface area contributed by atoms with Crippen molar-refractivity contribution in [3.8, 4) is 17.1 Å². The lowest BCUT2D eigenvalue weighted by atomic mass is 9.87. The van der Waals surface area contributed by atoms with Crippen LogP contribution in [-0.2, 0) is 24.9 Å². The number of nitrogens with zero attached hydrogens (tertiary/aromatic N) is 2. The molecule has 4 N–H and O–H groups in total. The third-order valence-electron chi connectivity index (χ3n) is 7.91. The van der Waals surface area contributed by atoms with E-state index in [1.54, 1.807) is 12.1 Å². The van der Waals surface area contributed by atoms with E-state index in [1.807, 2.05) is 42.5 Å². The van der Waals surface area contributed by atoms with E-state index in [2.05, 4.69) is 90.6 Å². The van der Waals surface area contributed by atoms with Gasteiger partial charge in [0.2, 0.25) is 5.95 Å². The Labute approximate surface area is 264 Å². The normalized spacial score (nSPS) is 12.3. The summed E-state index contributed by atoms with van der Waals surface area (Å²) in [7, 11) is 0. The fraction of sp³-hybridized carbons (Fsp3) is 0.237. The molecule has 230 valence electrons. The van der Waals surface area contributed by atoms with Crippen molar-refractivity contribution in [3.05, 3.63) is 137 Å². The predicted molar refractivity (Wildman–Crippen MR) is 180 cm³/mol. The molecule has 0 saturated carbocycles. The van der Waals surface area contributed by atoms with Crippen molar-refractivity contribution in [2.45, 2.75) is 52.1 Å². The third kappa shape index (κ3) is 8.70. The average Bonchev–Trinajstić information content (AvgIpc) is 3.48. The second-order valence-electron chi connectivity index (χ2n) is 12.4. The number of carbonyl (C=O) groups is 1. The van der Waals surface area contributed by atoms with Gasteiger partial charge in [0, 0.05) is 11.1 Å². The van der Waals surface area contributed by atoms with Gasteiger partial charge >= 0.3 is 5.97 Å². The molecule has 0 amide bonds. The van der Waals surface area contributed by atoms with Gasteiger partial charge in [-0.15, -0.1) is 5.10 Å². The first kappa shape index (κ1) is 31.3. The number of carboxylic acids is 1. The van der Waals surface area contributed by atoms with Gasteiger partial charge in [-0.25, -0.2) is 4.79 Å². The summed E-state index contributed by atoms with van der Waals surface area (Å²) in [6.07, 6.45) is 6.98. The van der Waals surface area contributed by atoms with Gasteiger partial charge < -0.3 is 15.6 Å². The molecule has 45 heavy (non-hydrogen) atoms. The number of aromatic nitrogens is 3. The number of H-pyrrole nitrogens is 1. The van der Waals surface area contributed by atoms with E-state index in [4.69, 9.17) is 10.5 Å². The van der Waals surface area contributed by atoms with Crippen LogP contribution in [0.15, 0.2) is 103 Å². The number of nitrogen functional groups attached to an aromatic ring is 1. The molecule has 1 atom stereocenters. The van der Waals surface area contributed by atoms with Crippen LogP contribution in [0, 0.1) is 5.92 Å². The Morgan fingerprint density at radius 2 is 1.58 bits per heavy atom. The molecule has 0 aliphatic rings. The number of benzene rings is 4. The minimum absolute atomic E-state index is 0.114. The van der Waals surface area contributed by atoms with Crippen molar-refractivity contribution in [2.75, 3.05) is 5.73 Å². The van der Waals surface area contributed by atoms with Gasteiger partial charge in [-0.2, -0.15) is 4.98 Å². The zero-order valence-electron chi connectivity index (χ0n) is 26.0. The molecule has 1 aromatic heterocycles. The maximum absolute atomic E-state index is 11.3. The predicted octanol–water partition coefficient (Wildman–Crippen LogP) is 8.13. The number of nitrogens with one attached hydrogen (secondary N) is 1. The monoisotopic (exact) mass is 600 g/mol. The molecule has 0 radical (unpaired) electrons. The number of aromatic amines is 1. The number of aromatic carboxylic acids is 1. The number of allylic oxidation sites excluding steroid dienone is 1. The fourth-order valence-corrected chi connectivity index (χ4v) is 5.19. The first-order chi connectivity index (χ1) is 21.6. The smallest absolute Gasteiger partial charge is 0.335 e. The van der Waals surface area contributed by atoms with Gasteiger partial charge in [-0.1, -0.05) is 112 Å². The molecule has 4 aromatic carbocycles. The molecule has 0 saturated heterocycles. The Kier molecular flexibility index (Phi) is 9.78. The highest BCUT2D eigenvalue weighted by Crippen LogP contribution is 2.26. The van der Waals surface area contributed by atoms with E-state index < -0.39 is 5.97 Å². The Morgan fingerprint density at radius 3 is 2.22 bits per heavy atom. The Balaban J connectivity index is 1.31. The van der Waals surface area contributed by atoms with Gasteiger partial charge in [0.1, 0.15) is 12.4 Å². The third-order valence-corrected chi connectivity index (χ3v) is 7.91. The first-order valence-corrected chi connectivity index (χ1v) is 15.2. The summed E-state index contributed by atoms with van der Waals surface area (Å²) in [5.74, 6) is 1.02. The second-order valence-corrected chi connectivity index (χ2v) is 12.4. The van der Waals surface area contributed by atoms with Crippen LogP contribution in [0.5, 0.6) is 5.75 Å². The molecule has 0 spiro atoms. The van der Waals surface area contributed by atoms with E-state index in [1.165, 1.54) is 11.1 Å². The number of nitrogens with two attached hydrogens (primary N) is 1. The van der Waals surface area contributed by atoms with E-state index in [0.717, 1.165) is 47.3 Å². The van der Waals surface area contributed by atoms with Crippen LogP contribution >= 0.6 is 0 Å². The molecular weight excluding hydrogens is 560 g/mol. The summed E-state index contributed by atoms with van der Waals surface area (Å²) in [4.78, 5) is 15.5. The summed E-state index contributed by atoms with van der Waals surface area (Å²) >= 11 is 0. The highest BCUT2D eigenvalue weighted by atomic mass is 16.5. The second kappa shape index (κ2) is 14.1. The number of hydrogen-bond donors (Lipinski definition) is 3. The molecule has 0 aliphatic heterocycles. The molecular formula is C38H40N4O3. The lowest BCUT2D eigenvalue weighted by Crippen LogP contribution is -2.10. The first-order valence-electron chi connectivity index (χ1n) is 15.2. The van der Waals surface area contributed by atoms with Gasteiger partial charge in [-0.05, 0) is 71.0 Å². The van der Waals surface area contributed by atoms with Crippen molar-refractivity contribution in [1.82, 2.24) is 15.2 Å². The van der Waals surface area contributed by atoms with Gasteiger partial charge in [0.15, 0.2) is 5.82 Å². The highest BCUT2D eigenvalue weighted by molar-refractivity contribution is 5.87. The van der Waals surface area contributed by atoms with Crippen molar-refractivity contribution in [3.63, 3.8) is 0 Å². The molecule has 1 heterocycles.